The molecule has 4 rings (SSSR count). The molecule has 0 atom stereocenters. The third-order valence-corrected chi connectivity index (χ3v) is 7.35. The Morgan fingerprint density at radius 2 is 1.74 bits per heavy atom. The Kier molecular flexibility index (Phi) is 8.00. The van der Waals surface area contributed by atoms with E-state index in [1.54, 1.807) is 48.5 Å². The van der Waals surface area contributed by atoms with Crippen molar-refractivity contribution in [2.75, 3.05) is 42.6 Å². The monoisotopic (exact) mass is 564 g/mol. The van der Waals surface area contributed by atoms with E-state index in [4.69, 9.17) is 14.6 Å². The number of sulfone groups is 1. The second-order valence-corrected chi connectivity index (χ2v) is 10.3. The van der Waals surface area contributed by atoms with E-state index >= 15 is 0 Å². The normalized spacial score (nSPS) is 13.3. The number of amides is 1. The molecule has 206 valence electrons. The zero-order valence-electron chi connectivity index (χ0n) is 20.3. The van der Waals surface area contributed by atoms with Crippen LogP contribution in [0.4, 0.5) is 24.5 Å². The molecule has 9 nitrogen and oxygen atoms in total. The van der Waals surface area contributed by atoms with E-state index in [1.807, 2.05) is 4.90 Å². The molecule has 1 amide bonds. The third-order valence-electron chi connectivity index (χ3n) is 5.86. The van der Waals surface area contributed by atoms with Crippen LogP contribution in [0.5, 0.6) is 11.5 Å². The van der Waals surface area contributed by atoms with Gasteiger partial charge in [-0.2, -0.15) is 13.2 Å². The second-order valence-electron chi connectivity index (χ2n) is 8.39. The van der Waals surface area contributed by atoms with Gasteiger partial charge in [-0.1, -0.05) is 30.3 Å². The zero-order chi connectivity index (χ0) is 28.2. The van der Waals surface area contributed by atoms with Crippen LogP contribution in [0.1, 0.15) is 10.4 Å². The standard InChI is InChI=1S/C26H23F3N2O7S/c27-26(28,29)39(35,36)20-9-4-8-19(16-20)31(25(34)18-6-2-1-3-7-18)13-12-30-14-15-37-24-21(30)10-5-11-22(24)38-17-23(32)33/h1-11,16H,12-15,17H2,(H,32,33). The van der Waals surface area contributed by atoms with Crippen LogP contribution in [0, 0.1) is 0 Å². The smallest absolute Gasteiger partial charge is 0.486 e. The average molecular weight is 565 g/mol. The van der Waals surface area contributed by atoms with Gasteiger partial charge in [-0.25, -0.2) is 13.2 Å². The molecular formula is C26H23F3N2O7S. The summed E-state index contributed by atoms with van der Waals surface area (Å²) in [5.41, 5.74) is -4.70. The molecule has 0 aromatic heterocycles. The van der Waals surface area contributed by atoms with Crippen LogP contribution in [0.2, 0.25) is 0 Å². The fourth-order valence-electron chi connectivity index (χ4n) is 4.02. The first-order valence-corrected chi connectivity index (χ1v) is 13.1. The highest BCUT2D eigenvalue weighted by atomic mass is 32.2. The molecule has 1 aliphatic rings. The van der Waals surface area contributed by atoms with Crippen molar-refractivity contribution in [3.8, 4) is 11.5 Å². The predicted molar refractivity (Wildman–Crippen MR) is 135 cm³/mol. The lowest BCUT2D eigenvalue weighted by molar-refractivity contribution is -0.139. The number of fused-ring (bicyclic) bond motifs is 1. The number of hydrogen-bond donors (Lipinski definition) is 1. The summed E-state index contributed by atoms with van der Waals surface area (Å²) in [7, 11) is -5.64. The predicted octanol–water partition coefficient (Wildman–Crippen LogP) is 3.99. The summed E-state index contributed by atoms with van der Waals surface area (Å²) in [6.45, 7) is 0.213. The summed E-state index contributed by atoms with van der Waals surface area (Å²) in [5.74, 6) is -1.15. The number of ether oxygens (including phenoxy) is 2. The summed E-state index contributed by atoms with van der Waals surface area (Å²) in [6.07, 6.45) is 0. The number of carbonyl (C=O) groups is 2. The van der Waals surface area contributed by atoms with E-state index in [1.165, 1.54) is 11.0 Å². The number of aliphatic carboxylic acids is 1. The number of carboxylic acid groups (broad SMARTS) is 1. The van der Waals surface area contributed by atoms with Crippen molar-refractivity contribution in [2.24, 2.45) is 0 Å². The molecular weight excluding hydrogens is 541 g/mol. The number of rotatable bonds is 9. The molecule has 0 saturated heterocycles. The van der Waals surface area contributed by atoms with Crippen LogP contribution >= 0.6 is 0 Å². The lowest BCUT2D eigenvalue weighted by Gasteiger charge is -2.34. The Hall–Kier alpha value is -4.26. The molecule has 0 fully saturated rings. The first kappa shape index (κ1) is 27.8. The summed E-state index contributed by atoms with van der Waals surface area (Å²) in [5, 5.41) is 8.93. The molecule has 1 N–H and O–H groups in total. The average Bonchev–Trinajstić information content (AvgIpc) is 2.92. The first-order chi connectivity index (χ1) is 18.5. The SMILES string of the molecule is O=C(O)COc1cccc2c1OCCN2CCN(C(=O)c1ccccc1)c1cccc(S(=O)(=O)C(F)(F)F)c1. The van der Waals surface area contributed by atoms with Gasteiger partial charge < -0.3 is 24.4 Å². The van der Waals surface area contributed by atoms with Crippen LogP contribution in [0.3, 0.4) is 0 Å². The van der Waals surface area contributed by atoms with E-state index < -0.39 is 38.7 Å². The highest BCUT2D eigenvalue weighted by Gasteiger charge is 2.47. The molecule has 0 radical (unpaired) electrons. The maximum atomic E-state index is 13.5. The quantitative estimate of drug-likeness (QED) is 0.415. The number of para-hydroxylation sites is 1. The molecule has 0 saturated carbocycles. The van der Waals surface area contributed by atoms with Crippen LogP contribution in [-0.2, 0) is 14.6 Å². The summed E-state index contributed by atoms with van der Waals surface area (Å²) >= 11 is 0. The molecule has 1 heterocycles. The number of carboxylic acids is 1. The zero-order valence-corrected chi connectivity index (χ0v) is 21.1. The fourth-order valence-corrected chi connectivity index (χ4v) is 4.82. The molecule has 0 spiro atoms. The van der Waals surface area contributed by atoms with Gasteiger partial charge >= 0.3 is 11.5 Å². The van der Waals surface area contributed by atoms with Gasteiger partial charge in [0, 0.05) is 24.3 Å². The number of halogens is 3. The Labute approximate surface area is 221 Å². The Morgan fingerprint density at radius 1 is 1.03 bits per heavy atom. The van der Waals surface area contributed by atoms with Gasteiger partial charge in [0.2, 0.25) is 0 Å². The lowest BCUT2D eigenvalue weighted by atomic mass is 10.1. The Morgan fingerprint density at radius 3 is 2.44 bits per heavy atom. The maximum Gasteiger partial charge on any atom is 0.501 e. The van der Waals surface area contributed by atoms with Gasteiger partial charge in [0.15, 0.2) is 18.1 Å². The number of alkyl halides is 3. The molecule has 0 unspecified atom stereocenters. The van der Waals surface area contributed by atoms with Gasteiger partial charge in [0.25, 0.3) is 15.7 Å². The third kappa shape index (κ3) is 6.08. The number of carbonyl (C=O) groups excluding carboxylic acids is 1. The molecule has 1 aliphatic heterocycles. The fraction of sp³-hybridized carbons (Fsp3) is 0.231. The molecule has 3 aromatic carbocycles. The lowest BCUT2D eigenvalue weighted by Crippen LogP contribution is -2.42. The van der Waals surface area contributed by atoms with Crippen LogP contribution in [0.25, 0.3) is 0 Å². The van der Waals surface area contributed by atoms with Crippen molar-refractivity contribution >= 4 is 33.1 Å². The molecule has 39 heavy (non-hydrogen) atoms. The van der Waals surface area contributed by atoms with Crippen molar-refractivity contribution in [1.29, 1.82) is 0 Å². The van der Waals surface area contributed by atoms with E-state index in [-0.39, 0.29) is 36.7 Å². The van der Waals surface area contributed by atoms with Gasteiger partial charge in [-0.3, -0.25) is 4.79 Å². The Bertz CT molecular complexity index is 1460. The van der Waals surface area contributed by atoms with Crippen LogP contribution in [-0.4, -0.2) is 63.8 Å². The summed E-state index contributed by atoms with van der Waals surface area (Å²) < 4.78 is 74.7. The summed E-state index contributed by atoms with van der Waals surface area (Å²) in [6, 6.07) is 17.1. The topological polar surface area (TPSA) is 113 Å². The van der Waals surface area contributed by atoms with Crippen molar-refractivity contribution in [3.63, 3.8) is 0 Å². The van der Waals surface area contributed by atoms with Crippen molar-refractivity contribution in [2.45, 2.75) is 10.4 Å². The van der Waals surface area contributed by atoms with Crippen LogP contribution in [0.15, 0.2) is 77.7 Å². The molecule has 3 aromatic rings. The van der Waals surface area contributed by atoms with E-state index in [0.717, 1.165) is 18.2 Å². The van der Waals surface area contributed by atoms with Crippen molar-refractivity contribution in [3.05, 3.63) is 78.4 Å². The van der Waals surface area contributed by atoms with E-state index in [9.17, 15) is 31.2 Å². The molecule has 13 heteroatoms. The number of benzene rings is 3. The Balaban J connectivity index is 1.66. The number of anilines is 2. The minimum absolute atomic E-state index is 0.0249. The largest absolute Gasteiger partial charge is 0.501 e. The van der Waals surface area contributed by atoms with Crippen LogP contribution < -0.4 is 19.3 Å². The summed E-state index contributed by atoms with van der Waals surface area (Å²) in [4.78, 5) is 26.5. The second kappa shape index (κ2) is 11.2. The van der Waals surface area contributed by atoms with Gasteiger partial charge in [-0.15, -0.1) is 0 Å². The van der Waals surface area contributed by atoms with E-state index in [2.05, 4.69) is 0 Å². The number of nitrogens with zero attached hydrogens (tertiary/aromatic N) is 2. The molecule has 0 bridgehead atoms. The highest BCUT2D eigenvalue weighted by Crippen LogP contribution is 2.40. The number of hydrogen-bond acceptors (Lipinski definition) is 7. The van der Waals surface area contributed by atoms with Crippen molar-refractivity contribution in [1.82, 2.24) is 0 Å². The van der Waals surface area contributed by atoms with Crippen molar-refractivity contribution < 1.29 is 45.8 Å². The minimum Gasteiger partial charge on any atom is -0.486 e. The maximum absolute atomic E-state index is 13.5. The van der Waals surface area contributed by atoms with E-state index in [0.29, 0.717) is 18.0 Å². The van der Waals surface area contributed by atoms with Gasteiger partial charge in [0.05, 0.1) is 17.1 Å². The van der Waals surface area contributed by atoms with Gasteiger partial charge in [0.1, 0.15) is 6.61 Å². The highest BCUT2D eigenvalue weighted by molar-refractivity contribution is 7.92. The van der Waals surface area contributed by atoms with Gasteiger partial charge in [-0.05, 0) is 42.5 Å². The molecule has 0 aliphatic carbocycles. The minimum atomic E-state index is -5.64. The first-order valence-electron chi connectivity index (χ1n) is 11.6.